The molecule has 0 saturated heterocycles. The lowest BCUT2D eigenvalue weighted by molar-refractivity contribution is 0.172. The van der Waals surface area contributed by atoms with Crippen LogP contribution >= 0.6 is 11.3 Å². The Hall–Kier alpha value is -1.32. The lowest BCUT2D eigenvalue weighted by atomic mass is 10.0. The highest BCUT2D eigenvalue weighted by Gasteiger charge is 2.24. The van der Waals surface area contributed by atoms with Crippen molar-refractivity contribution >= 4 is 11.3 Å². The molecule has 0 spiro atoms. The molecule has 0 aliphatic rings. The predicted octanol–water partition coefficient (Wildman–Crippen LogP) is 5.04. The molecule has 0 aliphatic carbocycles. The second-order valence-electron chi connectivity index (χ2n) is 5.77. The van der Waals surface area contributed by atoms with E-state index in [1.165, 1.54) is 16.0 Å². The summed E-state index contributed by atoms with van der Waals surface area (Å²) in [4.78, 5) is 1.24. The van der Waals surface area contributed by atoms with E-state index in [0.29, 0.717) is 5.92 Å². The Bertz CT molecular complexity index is 576. The van der Waals surface area contributed by atoms with Crippen LogP contribution in [0.2, 0.25) is 0 Å². The van der Waals surface area contributed by atoms with Crippen molar-refractivity contribution in [3.8, 4) is 5.75 Å². The molecule has 21 heavy (non-hydrogen) atoms. The van der Waals surface area contributed by atoms with E-state index in [0.717, 1.165) is 12.2 Å². The summed E-state index contributed by atoms with van der Waals surface area (Å²) in [6, 6.07) is 10.4. The molecule has 1 aromatic heterocycles. The molecule has 114 valence electrons. The Balaban J connectivity index is 2.34. The third-order valence-corrected chi connectivity index (χ3v) is 4.90. The van der Waals surface area contributed by atoms with Gasteiger partial charge in [-0.3, -0.25) is 0 Å². The van der Waals surface area contributed by atoms with Crippen molar-refractivity contribution in [2.24, 2.45) is 5.73 Å². The third kappa shape index (κ3) is 3.66. The first-order chi connectivity index (χ1) is 10.0. The highest BCUT2D eigenvalue weighted by Crippen LogP contribution is 2.34. The summed E-state index contributed by atoms with van der Waals surface area (Å²) in [7, 11) is 0. The number of nitrogens with two attached hydrogens (primary N) is 1. The summed E-state index contributed by atoms with van der Waals surface area (Å²) >= 11 is 1.73. The van der Waals surface area contributed by atoms with E-state index in [1.807, 2.05) is 12.1 Å². The van der Waals surface area contributed by atoms with Gasteiger partial charge in [0.15, 0.2) is 0 Å². The van der Waals surface area contributed by atoms with Crippen LogP contribution in [-0.4, -0.2) is 6.04 Å². The number of thiophene rings is 1. The molecule has 1 heterocycles. The Morgan fingerprint density at radius 1 is 1.19 bits per heavy atom. The van der Waals surface area contributed by atoms with Crippen LogP contribution in [0.25, 0.3) is 0 Å². The smallest absolute Gasteiger partial charge is 0.148 e. The zero-order valence-electron chi connectivity index (χ0n) is 13.3. The average molecular weight is 303 g/mol. The van der Waals surface area contributed by atoms with E-state index in [9.17, 15) is 0 Å². The quantitative estimate of drug-likeness (QED) is 0.811. The summed E-state index contributed by atoms with van der Waals surface area (Å²) in [6.45, 7) is 8.61. The fourth-order valence-electron chi connectivity index (χ4n) is 2.43. The second-order valence-corrected chi connectivity index (χ2v) is 6.72. The number of aryl methyl sites for hydroxylation is 1. The van der Waals surface area contributed by atoms with Crippen LogP contribution in [0.1, 0.15) is 55.2 Å². The Morgan fingerprint density at radius 3 is 2.48 bits per heavy atom. The van der Waals surface area contributed by atoms with E-state index in [1.54, 1.807) is 11.3 Å². The molecule has 2 atom stereocenters. The topological polar surface area (TPSA) is 35.2 Å². The lowest BCUT2D eigenvalue weighted by Crippen LogP contribution is -2.31. The highest BCUT2D eigenvalue weighted by molar-refractivity contribution is 7.10. The van der Waals surface area contributed by atoms with Gasteiger partial charge in [0.25, 0.3) is 0 Å². The SMILES string of the molecule is CCC(N)C(Oc1ccccc1C(C)C)c1sccc1C. The summed E-state index contributed by atoms with van der Waals surface area (Å²) in [5, 5.41) is 2.11. The van der Waals surface area contributed by atoms with Gasteiger partial charge in [0.1, 0.15) is 11.9 Å². The van der Waals surface area contributed by atoms with Crippen molar-refractivity contribution in [3.05, 3.63) is 51.7 Å². The zero-order chi connectivity index (χ0) is 15.4. The molecule has 0 amide bonds. The molecule has 2 nitrogen and oxygen atoms in total. The van der Waals surface area contributed by atoms with Gasteiger partial charge in [-0.25, -0.2) is 0 Å². The molecule has 2 aromatic rings. The number of rotatable bonds is 6. The summed E-state index contributed by atoms with van der Waals surface area (Å²) < 4.78 is 6.37. The zero-order valence-corrected chi connectivity index (χ0v) is 14.1. The van der Waals surface area contributed by atoms with Crippen LogP contribution < -0.4 is 10.5 Å². The van der Waals surface area contributed by atoms with Gasteiger partial charge in [-0.15, -0.1) is 11.3 Å². The molecule has 2 rings (SSSR count). The van der Waals surface area contributed by atoms with Crippen LogP contribution in [-0.2, 0) is 0 Å². The standard InChI is InChI=1S/C18H25NOS/c1-5-15(19)17(18-13(4)10-11-21-18)20-16-9-7-6-8-14(16)12(2)3/h6-12,15,17H,5,19H2,1-4H3. The van der Waals surface area contributed by atoms with E-state index >= 15 is 0 Å². The van der Waals surface area contributed by atoms with Crippen LogP contribution in [0.4, 0.5) is 0 Å². The van der Waals surface area contributed by atoms with Crippen LogP contribution in [0.3, 0.4) is 0 Å². The first kappa shape index (κ1) is 16.1. The lowest BCUT2D eigenvalue weighted by Gasteiger charge is -2.26. The van der Waals surface area contributed by atoms with Crippen molar-refractivity contribution < 1.29 is 4.74 Å². The van der Waals surface area contributed by atoms with Gasteiger partial charge in [-0.1, -0.05) is 39.0 Å². The fourth-order valence-corrected chi connectivity index (χ4v) is 3.46. The number of hydrogen-bond acceptors (Lipinski definition) is 3. The Morgan fingerprint density at radius 2 is 1.90 bits per heavy atom. The number of ether oxygens (including phenoxy) is 1. The van der Waals surface area contributed by atoms with Gasteiger partial charge in [-0.05, 0) is 47.9 Å². The summed E-state index contributed by atoms with van der Waals surface area (Å²) in [5.74, 6) is 1.39. The number of para-hydroxylation sites is 1. The molecule has 0 radical (unpaired) electrons. The minimum Gasteiger partial charge on any atom is -0.483 e. The van der Waals surface area contributed by atoms with E-state index in [4.69, 9.17) is 10.5 Å². The number of benzene rings is 1. The molecular formula is C18H25NOS. The molecule has 2 N–H and O–H groups in total. The van der Waals surface area contributed by atoms with Gasteiger partial charge in [-0.2, -0.15) is 0 Å². The first-order valence-electron chi connectivity index (χ1n) is 7.59. The van der Waals surface area contributed by atoms with Gasteiger partial charge < -0.3 is 10.5 Å². The van der Waals surface area contributed by atoms with Crippen molar-refractivity contribution in [1.82, 2.24) is 0 Å². The van der Waals surface area contributed by atoms with Crippen molar-refractivity contribution in [2.45, 2.75) is 52.2 Å². The third-order valence-electron chi connectivity index (χ3n) is 3.82. The molecular weight excluding hydrogens is 278 g/mol. The molecule has 2 unspecified atom stereocenters. The van der Waals surface area contributed by atoms with E-state index in [-0.39, 0.29) is 12.1 Å². The monoisotopic (exact) mass is 303 g/mol. The molecule has 0 aliphatic heterocycles. The first-order valence-corrected chi connectivity index (χ1v) is 8.47. The van der Waals surface area contributed by atoms with Gasteiger partial charge >= 0.3 is 0 Å². The minimum absolute atomic E-state index is 0.00238. The molecule has 0 fully saturated rings. The van der Waals surface area contributed by atoms with Crippen LogP contribution in [0.15, 0.2) is 35.7 Å². The highest BCUT2D eigenvalue weighted by atomic mass is 32.1. The largest absolute Gasteiger partial charge is 0.483 e. The number of hydrogen-bond donors (Lipinski definition) is 1. The summed E-state index contributed by atoms with van der Waals surface area (Å²) in [5.41, 5.74) is 8.83. The maximum Gasteiger partial charge on any atom is 0.148 e. The maximum atomic E-state index is 6.37. The average Bonchev–Trinajstić information content (AvgIpc) is 2.90. The van der Waals surface area contributed by atoms with Gasteiger partial charge in [0, 0.05) is 10.9 Å². The Kier molecular flexibility index (Phi) is 5.43. The predicted molar refractivity (Wildman–Crippen MR) is 91.2 cm³/mol. The summed E-state index contributed by atoms with van der Waals surface area (Å²) in [6.07, 6.45) is 0.821. The van der Waals surface area contributed by atoms with E-state index in [2.05, 4.69) is 51.3 Å². The molecule has 0 saturated carbocycles. The van der Waals surface area contributed by atoms with Crippen LogP contribution in [0, 0.1) is 6.92 Å². The van der Waals surface area contributed by atoms with Crippen molar-refractivity contribution in [2.75, 3.05) is 0 Å². The maximum absolute atomic E-state index is 6.37. The van der Waals surface area contributed by atoms with E-state index < -0.39 is 0 Å². The van der Waals surface area contributed by atoms with Crippen LogP contribution in [0.5, 0.6) is 5.75 Å². The Labute approximate surface area is 132 Å². The second kappa shape index (κ2) is 7.10. The molecule has 0 bridgehead atoms. The van der Waals surface area contributed by atoms with Gasteiger partial charge in [0.05, 0.1) is 0 Å². The van der Waals surface area contributed by atoms with Gasteiger partial charge in [0.2, 0.25) is 0 Å². The minimum atomic E-state index is -0.0742. The normalized spacial score (nSPS) is 14.2. The fraction of sp³-hybridized carbons (Fsp3) is 0.444. The van der Waals surface area contributed by atoms with Crippen molar-refractivity contribution in [3.63, 3.8) is 0 Å². The van der Waals surface area contributed by atoms with Crippen molar-refractivity contribution in [1.29, 1.82) is 0 Å². The molecule has 3 heteroatoms. The molecule has 1 aromatic carbocycles.